The largest absolute Gasteiger partial charge is 0.480 e. The van der Waals surface area contributed by atoms with Gasteiger partial charge in [0, 0.05) is 0 Å². The Morgan fingerprint density at radius 3 is 2.53 bits per heavy atom. The van der Waals surface area contributed by atoms with Crippen LogP contribution in [0.15, 0.2) is 0 Å². The molecule has 0 aliphatic heterocycles. The van der Waals surface area contributed by atoms with Crippen LogP contribution in [0.5, 0.6) is 0 Å². The fraction of sp³-hybridized carbons (Fsp3) is 0.556. The molecule has 1 aromatic heterocycles. The van der Waals surface area contributed by atoms with Gasteiger partial charge in [-0.1, -0.05) is 11.4 Å². The maximum absolute atomic E-state index is 12.3. The third-order valence-corrected chi connectivity index (χ3v) is 2.82. The van der Waals surface area contributed by atoms with Crippen molar-refractivity contribution in [2.24, 2.45) is 0 Å². The summed E-state index contributed by atoms with van der Waals surface area (Å²) in [5.74, 6) is -2.54. The minimum Gasteiger partial charge on any atom is -0.480 e. The number of carbonyl (C=O) groups is 2. The van der Waals surface area contributed by atoms with Crippen LogP contribution in [0.25, 0.3) is 0 Å². The third-order valence-electron chi connectivity index (χ3n) is 2.07. The molecule has 0 atom stereocenters. The molecule has 0 aromatic carbocycles. The summed E-state index contributed by atoms with van der Waals surface area (Å²) in [4.78, 5) is 22.6. The molecular formula is C9H10F3N3O3S. The van der Waals surface area contributed by atoms with E-state index in [1.807, 2.05) is 0 Å². The Hall–Kier alpha value is -1.71. The number of amides is 1. The Morgan fingerprint density at radius 1 is 1.42 bits per heavy atom. The highest BCUT2D eigenvalue weighted by Crippen LogP contribution is 2.20. The van der Waals surface area contributed by atoms with E-state index in [1.54, 1.807) is 6.92 Å². The number of aromatic nitrogens is 2. The summed E-state index contributed by atoms with van der Waals surface area (Å²) in [5, 5.41) is 12.2. The normalized spacial score (nSPS) is 11.4. The average Bonchev–Trinajstić information content (AvgIpc) is 2.72. The maximum atomic E-state index is 12.3. The molecule has 0 fully saturated rings. The number of halogens is 3. The zero-order valence-electron chi connectivity index (χ0n) is 9.77. The molecule has 0 bridgehead atoms. The molecule has 6 nitrogen and oxygen atoms in total. The monoisotopic (exact) mass is 297 g/mol. The Bertz CT molecular complexity index is 475. The van der Waals surface area contributed by atoms with E-state index in [0.29, 0.717) is 18.0 Å². The molecule has 1 rings (SSSR count). The van der Waals surface area contributed by atoms with Crippen LogP contribution in [0.2, 0.25) is 0 Å². The van der Waals surface area contributed by atoms with Gasteiger partial charge in [-0.15, -0.1) is 5.10 Å². The van der Waals surface area contributed by atoms with Crippen molar-refractivity contribution < 1.29 is 27.9 Å². The number of carbonyl (C=O) groups excluding carboxylic acids is 1. The standard InChI is InChI=1S/C9H10F3N3O3S/c1-2-5-7(19-14-13-5)8(18)15(3-6(16)17)4-9(10,11)12/h2-4H2,1H3,(H,16,17). The van der Waals surface area contributed by atoms with Gasteiger partial charge in [-0.2, -0.15) is 13.2 Å². The van der Waals surface area contributed by atoms with E-state index in [-0.39, 0.29) is 15.5 Å². The number of aryl methyl sites for hydroxylation is 1. The van der Waals surface area contributed by atoms with Crippen LogP contribution in [-0.4, -0.2) is 50.7 Å². The molecule has 0 saturated heterocycles. The molecule has 0 radical (unpaired) electrons. The summed E-state index contributed by atoms with van der Waals surface area (Å²) < 4.78 is 40.5. The molecule has 10 heteroatoms. The van der Waals surface area contributed by atoms with Gasteiger partial charge in [-0.25, -0.2) is 0 Å². The topological polar surface area (TPSA) is 83.4 Å². The number of rotatable bonds is 5. The first-order chi connectivity index (χ1) is 8.74. The van der Waals surface area contributed by atoms with Crippen LogP contribution in [0, 0.1) is 0 Å². The predicted octanol–water partition coefficient (Wildman–Crippen LogP) is 1.19. The summed E-state index contributed by atoms with van der Waals surface area (Å²) in [6.07, 6.45) is -4.35. The van der Waals surface area contributed by atoms with Crippen molar-refractivity contribution in [3.63, 3.8) is 0 Å². The maximum Gasteiger partial charge on any atom is 0.406 e. The Labute approximate surface area is 110 Å². The van der Waals surface area contributed by atoms with Gasteiger partial charge >= 0.3 is 12.1 Å². The number of hydrogen-bond donors (Lipinski definition) is 1. The van der Waals surface area contributed by atoms with Gasteiger partial charge in [0.05, 0.1) is 5.69 Å². The Morgan fingerprint density at radius 2 is 2.05 bits per heavy atom. The molecular weight excluding hydrogens is 287 g/mol. The van der Waals surface area contributed by atoms with E-state index in [9.17, 15) is 22.8 Å². The van der Waals surface area contributed by atoms with Crippen molar-refractivity contribution in [1.29, 1.82) is 0 Å². The summed E-state index contributed by atoms with van der Waals surface area (Å²) in [7, 11) is 0. The highest BCUT2D eigenvalue weighted by atomic mass is 32.1. The first-order valence-electron chi connectivity index (χ1n) is 5.13. The fourth-order valence-corrected chi connectivity index (χ4v) is 2.04. The van der Waals surface area contributed by atoms with Gasteiger partial charge in [0.15, 0.2) is 0 Å². The second-order valence-electron chi connectivity index (χ2n) is 3.57. The Balaban J connectivity index is 2.97. The number of hydrogen-bond acceptors (Lipinski definition) is 5. The van der Waals surface area contributed by atoms with Gasteiger partial charge in [0.1, 0.15) is 18.0 Å². The van der Waals surface area contributed by atoms with Gasteiger partial charge in [-0.3, -0.25) is 9.59 Å². The van der Waals surface area contributed by atoms with Crippen LogP contribution in [-0.2, 0) is 11.2 Å². The van der Waals surface area contributed by atoms with Crippen molar-refractivity contribution >= 4 is 23.4 Å². The minimum absolute atomic E-state index is 0.0620. The van der Waals surface area contributed by atoms with Crippen molar-refractivity contribution in [2.75, 3.05) is 13.1 Å². The molecule has 0 aliphatic carbocycles. The number of carboxylic acids is 1. The SMILES string of the molecule is CCc1nnsc1C(=O)N(CC(=O)O)CC(F)(F)F. The molecule has 0 saturated carbocycles. The molecule has 19 heavy (non-hydrogen) atoms. The second kappa shape index (κ2) is 5.95. The van der Waals surface area contributed by atoms with E-state index in [1.165, 1.54) is 0 Å². The van der Waals surface area contributed by atoms with E-state index >= 15 is 0 Å². The number of alkyl halides is 3. The van der Waals surface area contributed by atoms with Crippen molar-refractivity contribution in [3.8, 4) is 0 Å². The number of aliphatic carboxylic acids is 1. The van der Waals surface area contributed by atoms with E-state index in [4.69, 9.17) is 5.11 Å². The molecule has 1 N–H and O–H groups in total. The van der Waals surface area contributed by atoms with E-state index in [2.05, 4.69) is 9.59 Å². The number of carboxylic acid groups (broad SMARTS) is 1. The van der Waals surface area contributed by atoms with Crippen molar-refractivity contribution in [1.82, 2.24) is 14.5 Å². The van der Waals surface area contributed by atoms with Crippen LogP contribution in [0.1, 0.15) is 22.3 Å². The first-order valence-corrected chi connectivity index (χ1v) is 5.91. The highest BCUT2D eigenvalue weighted by Gasteiger charge is 2.35. The van der Waals surface area contributed by atoms with Crippen LogP contribution in [0.4, 0.5) is 13.2 Å². The lowest BCUT2D eigenvalue weighted by Gasteiger charge is -2.21. The molecule has 0 spiro atoms. The smallest absolute Gasteiger partial charge is 0.406 e. The minimum atomic E-state index is -4.67. The van der Waals surface area contributed by atoms with Gasteiger partial charge < -0.3 is 10.0 Å². The number of nitrogens with zero attached hydrogens (tertiary/aromatic N) is 3. The van der Waals surface area contributed by atoms with Gasteiger partial charge in [-0.05, 0) is 18.0 Å². The zero-order chi connectivity index (χ0) is 14.6. The molecule has 1 aromatic rings. The lowest BCUT2D eigenvalue weighted by atomic mass is 10.2. The molecule has 0 aliphatic rings. The molecule has 1 amide bonds. The first kappa shape index (κ1) is 15.3. The van der Waals surface area contributed by atoms with Crippen LogP contribution >= 0.6 is 11.5 Å². The van der Waals surface area contributed by atoms with Gasteiger partial charge in [0.2, 0.25) is 0 Å². The summed E-state index contributed by atoms with van der Waals surface area (Å²) in [5.41, 5.74) is 0.257. The summed E-state index contributed by atoms with van der Waals surface area (Å²) in [6.45, 7) is -0.989. The molecule has 0 unspecified atom stereocenters. The zero-order valence-corrected chi connectivity index (χ0v) is 10.6. The fourth-order valence-electron chi connectivity index (χ4n) is 1.33. The van der Waals surface area contributed by atoms with Gasteiger partial charge in [0.25, 0.3) is 5.91 Å². The lowest BCUT2D eigenvalue weighted by Crippen LogP contribution is -2.42. The average molecular weight is 297 g/mol. The summed E-state index contributed by atoms with van der Waals surface area (Å²) in [6, 6.07) is 0. The third kappa shape index (κ3) is 4.47. The highest BCUT2D eigenvalue weighted by molar-refractivity contribution is 7.08. The van der Waals surface area contributed by atoms with Crippen molar-refractivity contribution in [3.05, 3.63) is 10.6 Å². The summed E-state index contributed by atoms with van der Waals surface area (Å²) >= 11 is 0.651. The molecule has 106 valence electrons. The quantitative estimate of drug-likeness (QED) is 0.882. The predicted molar refractivity (Wildman–Crippen MR) is 58.9 cm³/mol. The second-order valence-corrected chi connectivity index (χ2v) is 4.33. The Kier molecular flexibility index (Phi) is 4.81. The lowest BCUT2D eigenvalue weighted by molar-refractivity contribution is -0.149. The van der Waals surface area contributed by atoms with Crippen LogP contribution < -0.4 is 0 Å². The molecule has 1 heterocycles. The van der Waals surface area contributed by atoms with Crippen LogP contribution in [0.3, 0.4) is 0 Å². The van der Waals surface area contributed by atoms with Crippen molar-refractivity contribution in [2.45, 2.75) is 19.5 Å². The van der Waals surface area contributed by atoms with E-state index in [0.717, 1.165) is 0 Å². The van der Waals surface area contributed by atoms with E-state index < -0.39 is 31.1 Å².